The van der Waals surface area contributed by atoms with Crippen molar-refractivity contribution in [3.63, 3.8) is 0 Å². The Morgan fingerprint density at radius 1 is 1.23 bits per heavy atom. The van der Waals surface area contributed by atoms with Crippen LogP contribution < -0.4 is 16.0 Å². The summed E-state index contributed by atoms with van der Waals surface area (Å²) in [6, 6.07) is 2.04. The van der Waals surface area contributed by atoms with Gasteiger partial charge in [-0.05, 0) is 57.5 Å². The van der Waals surface area contributed by atoms with E-state index in [1.54, 1.807) is 0 Å². The van der Waals surface area contributed by atoms with Crippen molar-refractivity contribution in [3.8, 4) is 0 Å². The van der Waals surface area contributed by atoms with Crippen LogP contribution in [0, 0.1) is 5.92 Å². The summed E-state index contributed by atoms with van der Waals surface area (Å²) in [6.45, 7) is 10.1. The number of hydrogen-bond acceptors (Lipinski definition) is 5. The van der Waals surface area contributed by atoms with Crippen LogP contribution in [0.25, 0.3) is 5.57 Å². The van der Waals surface area contributed by atoms with Crippen LogP contribution in [0.15, 0.2) is 46.4 Å². The maximum Gasteiger partial charge on any atom is 0.154 e. The Labute approximate surface area is 156 Å². The fourth-order valence-corrected chi connectivity index (χ4v) is 3.50. The number of likely N-dealkylation sites (tertiary alicyclic amines) is 1. The molecule has 0 radical (unpaired) electrons. The van der Waals surface area contributed by atoms with Crippen molar-refractivity contribution in [1.82, 2.24) is 9.88 Å². The molecule has 1 fully saturated rings. The number of aromatic nitrogens is 1. The molecule has 0 saturated carbocycles. The molecule has 3 heterocycles. The normalized spacial score (nSPS) is 19.0. The number of piperidine rings is 1. The number of nitrogens with one attached hydrogen (secondary N) is 1. The Bertz CT molecular complexity index is 842. The van der Waals surface area contributed by atoms with Gasteiger partial charge < -0.3 is 10.2 Å². The van der Waals surface area contributed by atoms with Gasteiger partial charge in [0, 0.05) is 7.05 Å². The van der Waals surface area contributed by atoms with Crippen molar-refractivity contribution in [1.29, 1.82) is 0 Å². The van der Waals surface area contributed by atoms with Crippen molar-refractivity contribution in [2.24, 2.45) is 15.9 Å². The zero-order chi connectivity index (χ0) is 18.5. The quantitative estimate of drug-likeness (QED) is 0.828. The Hall–Kier alpha value is -2.27. The van der Waals surface area contributed by atoms with Gasteiger partial charge in [-0.1, -0.05) is 30.4 Å². The molecule has 0 amide bonds. The highest BCUT2D eigenvalue weighted by Gasteiger charge is 2.17. The summed E-state index contributed by atoms with van der Waals surface area (Å²) >= 11 is 0. The van der Waals surface area contributed by atoms with Crippen LogP contribution in [-0.4, -0.2) is 50.2 Å². The average Bonchev–Trinajstić information content (AvgIpc) is 2.68. The van der Waals surface area contributed by atoms with Gasteiger partial charge in [0.1, 0.15) is 5.36 Å². The molecule has 138 valence electrons. The average molecular weight is 351 g/mol. The lowest BCUT2D eigenvalue weighted by Crippen LogP contribution is -2.34. The van der Waals surface area contributed by atoms with Crippen LogP contribution in [0.5, 0.6) is 0 Å². The number of anilines is 1. The summed E-state index contributed by atoms with van der Waals surface area (Å²) in [7, 11) is 4.06. The van der Waals surface area contributed by atoms with E-state index in [2.05, 4.69) is 52.1 Å². The zero-order valence-corrected chi connectivity index (χ0v) is 16.1. The first-order valence-corrected chi connectivity index (χ1v) is 9.42. The Morgan fingerprint density at radius 3 is 2.65 bits per heavy atom. The molecule has 1 aromatic heterocycles. The fraction of sp³-hybridized carbons (Fsp3) is 0.476. The van der Waals surface area contributed by atoms with Gasteiger partial charge in [0.2, 0.25) is 0 Å². The third kappa shape index (κ3) is 4.10. The molecule has 0 bridgehead atoms. The Morgan fingerprint density at radius 2 is 1.96 bits per heavy atom. The lowest BCUT2D eigenvalue weighted by Gasteiger charge is -2.29. The third-order valence-electron chi connectivity index (χ3n) is 5.19. The number of fused-ring (bicyclic) bond motifs is 1. The predicted octanol–water partition coefficient (Wildman–Crippen LogP) is 2.23. The second-order valence-corrected chi connectivity index (χ2v) is 6.97. The number of allylic oxidation sites excluding steroid dienone is 5. The first-order chi connectivity index (χ1) is 12.6. The van der Waals surface area contributed by atoms with Crippen molar-refractivity contribution in [2.45, 2.75) is 19.8 Å². The Kier molecular flexibility index (Phi) is 5.99. The molecule has 2 aliphatic heterocycles. The van der Waals surface area contributed by atoms with E-state index in [0.29, 0.717) is 5.92 Å². The van der Waals surface area contributed by atoms with Crippen LogP contribution in [0.2, 0.25) is 0 Å². The largest absolute Gasteiger partial charge is 0.371 e. The molecule has 0 spiro atoms. The van der Waals surface area contributed by atoms with Gasteiger partial charge >= 0.3 is 0 Å². The number of pyridine rings is 1. The zero-order valence-electron chi connectivity index (χ0n) is 16.1. The minimum atomic E-state index is 0.582. The van der Waals surface area contributed by atoms with Crippen LogP contribution in [0.3, 0.4) is 0 Å². The number of nitrogens with zero attached hydrogens (tertiary/aromatic N) is 4. The highest BCUT2D eigenvalue weighted by Crippen LogP contribution is 2.25. The lowest BCUT2D eigenvalue weighted by atomic mass is 9.89. The summed E-state index contributed by atoms with van der Waals surface area (Å²) in [4.78, 5) is 16.3. The van der Waals surface area contributed by atoms with E-state index in [-0.39, 0.29) is 0 Å². The molecular formula is C21H29N5. The maximum atomic E-state index is 4.76. The highest BCUT2D eigenvalue weighted by molar-refractivity contribution is 5.72. The molecule has 0 aromatic carbocycles. The van der Waals surface area contributed by atoms with Crippen molar-refractivity contribution in [2.75, 3.05) is 45.6 Å². The Balaban J connectivity index is 1.83. The molecule has 5 heteroatoms. The van der Waals surface area contributed by atoms with E-state index >= 15 is 0 Å². The van der Waals surface area contributed by atoms with Crippen molar-refractivity contribution >= 4 is 11.4 Å². The fourth-order valence-electron chi connectivity index (χ4n) is 3.50. The van der Waals surface area contributed by atoms with E-state index in [1.807, 2.05) is 20.0 Å². The molecule has 0 atom stereocenters. The molecule has 26 heavy (non-hydrogen) atoms. The van der Waals surface area contributed by atoms with Crippen LogP contribution >= 0.6 is 0 Å². The number of rotatable bonds is 5. The minimum Gasteiger partial charge on any atom is -0.371 e. The smallest absolute Gasteiger partial charge is 0.154 e. The highest BCUT2D eigenvalue weighted by atomic mass is 15.1. The second kappa shape index (κ2) is 8.41. The van der Waals surface area contributed by atoms with Gasteiger partial charge in [-0.15, -0.1) is 0 Å². The summed E-state index contributed by atoms with van der Waals surface area (Å²) in [5.41, 5.74) is 3.21. The third-order valence-corrected chi connectivity index (χ3v) is 5.19. The maximum absolute atomic E-state index is 4.76. The molecule has 1 N–H and O–H groups in total. The van der Waals surface area contributed by atoms with Gasteiger partial charge in [0.15, 0.2) is 5.82 Å². The van der Waals surface area contributed by atoms with Gasteiger partial charge in [-0.3, -0.25) is 9.98 Å². The van der Waals surface area contributed by atoms with E-state index < -0.39 is 0 Å². The standard InChI is InChI=1S/C21H29N5/c1-5-16(7-6-15(2)17-8-12-26(4)13-9-17)18-14-19-20(21(22-3)25-18)24-11-10-23-19/h5-7,14,17H,2,8-13H2,1,3-4H3,(H,22,25)/b7-6-,16-5+. The van der Waals surface area contributed by atoms with Crippen LogP contribution in [0.4, 0.5) is 5.82 Å². The first kappa shape index (κ1) is 18.5. The summed E-state index contributed by atoms with van der Waals surface area (Å²) < 4.78 is 0. The molecule has 2 aliphatic rings. The monoisotopic (exact) mass is 351 g/mol. The summed E-state index contributed by atoms with van der Waals surface area (Å²) in [5.74, 6) is 1.38. The van der Waals surface area contributed by atoms with Gasteiger partial charge in [-0.25, -0.2) is 4.98 Å². The molecule has 1 saturated heterocycles. The minimum absolute atomic E-state index is 0.582. The lowest BCUT2D eigenvalue weighted by molar-refractivity contribution is 0.240. The van der Waals surface area contributed by atoms with Gasteiger partial charge in [-0.2, -0.15) is 0 Å². The SMILES string of the molecule is C=C(/C=C\C(=C/C)c1cc2c(c(NC)n1)=NCCN=2)C1CCN(C)CC1. The van der Waals surface area contributed by atoms with Crippen molar-refractivity contribution < 1.29 is 0 Å². The molecule has 3 rings (SSSR count). The van der Waals surface area contributed by atoms with E-state index in [0.717, 1.165) is 54.0 Å². The predicted molar refractivity (Wildman–Crippen MR) is 108 cm³/mol. The van der Waals surface area contributed by atoms with E-state index in [4.69, 9.17) is 4.98 Å². The van der Waals surface area contributed by atoms with Gasteiger partial charge in [0.25, 0.3) is 0 Å². The summed E-state index contributed by atoms with van der Waals surface area (Å²) in [5, 5.41) is 4.95. The van der Waals surface area contributed by atoms with Crippen LogP contribution in [-0.2, 0) is 0 Å². The molecule has 0 aliphatic carbocycles. The molecule has 1 aromatic rings. The molecule has 0 unspecified atom stereocenters. The van der Waals surface area contributed by atoms with Crippen LogP contribution in [0.1, 0.15) is 25.5 Å². The second-order valence-electron chi connectivity index (χ2n) is 6.97. The number of hydrogen-bond donors (Lipinski definition) is 1. The van der Waals surface area contributed by atoms with E-state index in [1.165, 1.54) is 18.4 Å². The van der Waals surface area contributed by atoms with E-state index in [9.17, 15) is 0 Å². The van der Waals surface area contributed by atoms with Gasteiger partial charge in [0.05, 0.1) is 24.1 Å². The topological polar surface area (TPSA) is 52.9 Å². The molecule has 5 nitrogen and oxygen atoms in total. The summed E-state index contributed by atoms with van der Waals surface area (Å²) in [6.07, 6.45) is 8.76. The molecular weight excluding hydrogens is 322 g/mol. The van der Waals surface area contributed by atoms with Crippen molar-refractivity contribution in [3.05, 3.63) is 52.9 Å². The first-order valence-electron chi connectivity index (χ1n) is 9.42.